The van der Waals surface area contributed by atoms with E-state index in [1.165, 1.54) is 6.92 Å². The van der Waals surface area contributed by atoms with Gasteiger partial charge in [-0.05, 0) is 28.9 Å². The van der Waals surface area contributed by atoms with Crippen molar-refractivity contribution in [3.63, 3.8) is 0 Å². The molecule has 0 spiro atoms. The Balaban J connectivity index is 3.15. The third-order valence-electron chi connectivity index (χ3n) is 2.22. The molecule has 0 aromatic heterocycles. The van der Waals surface area contributed by atoms with Crippen molar-refractivity contribution >= 4 is 21.7 Å². The van der Waals surface area contributed by atoms with E-state index >= 15 is 0 Å². The number of Topliss-reactive ketones (excluding diaryl/α,β-unsaturated/α-hetero) is 1. The van der Waals surface area contributed by atoms with Crippen LogP contribution in [-0.4, -0.2) is 12.9 Å². The van der Waals surface area contributed by atoms with Gasteiger partial charge in [-0.2, -0.15) is 5.26 Å². The number of carbonyl (C=O) groups is 1. The molecule has 1 atom stereocenters. The maximum absolute atomic E-state index is 11.1. The van der Waals surface area contributed by atoms with Crippen molar-refractivity contribution in [1.29, 1.82) is 5.26 Å². The van der Waals surface area contributed by atoms with Crippen LogP contribution in [-0.2, 0) is 4.79 Å². The second-order valence-electron chi connectivity index (χ2n) is 3.45. The summed E-state index contributed by atoms with van der Waals surface area (Å²) in [5.74, 6) is 0.161. The third-order valence-corrected chi connectivity index (χ3v) is 2.85. The Labute approximate surface area is 103 Å². The summed E-state index contributed by atoms with van der Waals surface area (Å²) in [6.45, 7) is 1.48. The Morgan fingerprint density at radius 3 is 2.81 bits per heavy atom. The maximum atomic E-state index is 11.1. The molecule has 0 aliphatic rings. The molecular formula is C12H12BrNO2. The van der Waals surface area contributed by atoms with Crippen LogP contribution in [0.5, 0.6) is 5.75 Å². The van der Waals surface area contributed by atoms with Crippen LogP contribution in [0, 0.1) is 11.3 Å². The van der Waals surface area contributed by atoms with Gasteiger partial charge in [0.05, 0.1) is 23.6 Å². The Morgan fingerprint density at radius 2 is 2.31 bits per heavy atom. The highest BCUT2D eigenvalue weighted by atomic mass is 79.9. The third kappa shape index (κ3) is 2.83. The van der Waals surface area contributed by atoms with E-state index in [1.807, 2.05) is 12.1 Å². The van der Waals surface area contributed by atoms with Gasteiger partial charge in [0.2, 0.25) is 0 Å². The first-order chi connectivity index (χ1) is 7.60. The van der Waals surface area contributed by atoms with Gasteiger partial charge in [0.15, 0.2) is 0 Å². The fourth-order valence-electron chi connectivity index (χ4n) is 1.53. The summed E-state index contributed by atoms with van der Waals surface area (Å²) in [6, 6.07) is 7.60. The Morgan fingerprint density at radius 1 is 1.62 bits per heavy atom. The lowest BCUT2D eigenvalue weighted by molar-refractivity contribution is -0.117. The quantitative estimate of drug-likeness (QED) is 0.852. The van der Waals surface area contributed by atoms with E-state index in [2.05, 4.69) is 22.0 Å². The summed E-state index contributed by atoms with van der Waals surface area (Å²) < 4.78 is 6.02. The number of para-hydroxylation sites is 1. The zero-order valence-electron chi connectivity index (χ0n) is 9.16. The number of halogens is 1. The van der Waals surface area contributed by atoms with E-state index < -0.39 is 5.92 Å². The van der Waals surface area contributed by atoms with Gasteiger partial charge in [-0.3, -0.25) is 4.79 Å². The predicted molar refractivity (Wildman–Crippen MR) is 64.3 cm³/mol. The van der Waals surface area contributed by atoms with Gasteiger partial charge in [-0.1, -0.05) is 12.1 Å². The van der Waals surface area contributed by atoms with Crippen molar-refractivity contribution in [1.82, 2.24) is 0 Å². The molecule has 0 radical (unpaired) electrons. The molecule has 0 amide bonds. The highest BCUT2D eigenvalue weighted by molar-refractivity contribution is 9.10. The molecule has 1 aromatic carbocycles. The zero-order chi connectivity index (χ0) is 12.1. The van der Waals surface area contributed by atoms with Crippen molar-refractivity contribution in [3.8, 4) is 11.8 Å². The summed E-state index contributed by atoms with van der Waals surface area (Å²) in [5.41, 5.74) is 0.745. The van der Waals surface area contributed by atoms with E-state index in [1.54, 1.807) is 13.2 Å². The minimum atomic E-state index is -0.454. The Hall–Kier alpha value is -1.34. The smallest absolute Gasteiger partial charge is 0.137 e. The number of rotatable bonds is 4. The van der Waals surface area contributed by atoms with Crippen LogP contribution in [0.2, 0.25) is 0 Å². The molecule has 0 fully saturated rings. The molecule has 0 N–H and O–H groups in total. The molecule has 0 saturated heterocycles. The van der Waals surface area contributed by atoms with Crippen LogP contribution in [0.25, 0.3) is 0 Å². The van der Waals surface area contributed by atoms with Gasteiger partial charge < -0.3 is 4.74 Å². The molecular weight excluding hydrogens is 270 g/mol. The number of nitrogens with zero attached hydrogens (tertiary/aromatic N) is 1. The number of carbonyl (C=O) groups excluding carboxylic acids is 1. The fraction of sp³-hybridized carbons (Fsp3) is 0.333. The second kappa shape index (κ2) is 5.66. The first kappa shape index (κ1) is 12.7. The Kier molecular flexibility index (Phi) is 4.51. The van der Waals surface area contributed by atoms with Crippen molar-refractivity contribution in [2.45, 2.75) is 19.3 Å². The molecule has 0 saturated carbocycles. The zero-order valence-corrected chi connectivity index (χ0v) is 10.7. The fourth-order valence-corrected chi connectivity index (χ4v) is 2.07. The summed E-state index contributed by atoms with van der Waals surface area (Å²) >= 11 is 3.35. The molecule has 3 nitrogen and oxygen atoms in total. The molecule has 4 heteroatoms. The molecule has 1 aromatic rings. The highest BCUT2D eigenvalue weighted by Gasteiger charge is 2.18. The molecule has 0 bridgehead atoms. The first-order valence-corrected chi connectivity index (χ1v) is 5.61. The summed E-state index contributed by atoms with van der Waals surface area (Å²) in [7, 11) is 1.55. The highest BCUT2D eigenvalue weighted by Crippen LogP contribution is 2.34. The van der Waals surface area contributed by atoms with Gasteiger partial charge in [0.25, 0.3) is 0 Å². The summed E-state index contributed by atoms with van der Waals surface area (Å²) in [6.07, 6.45) is 0.212. The number of hydrogen-bond acceptors (Lipinski definition) is 3. The monoisotopic (exact) mass is 281 g/mol. The average molecular weight is 282 g/mol. The lowest BCUT2D eigenvalue weighted by Crippen LogP contribution is -2.04. The molecule has 16 heavy (non-hydrogen) atoms. The number of methoxy groups -OCH3 is 1. The van der Waals surface area contributed by atoms with Crippen molar-refractivity contribution in [2.24, 2.45) is 0 Å². The number of hydrogen-bond donors (Lipinski definition) is 0. The predicted octanol–water partition coefficient (Wildman–Crippen LogP) is 3.04. The van der Waals surface area contributed by atoms with E-state index in [0.717, 1.165) is 10.0 Å². The molecule has 84 valence electrons. The summed E-state index contributed by atoms with van der Waals surface area (Å²) in [4.78, 5) is 11.1. The van der Waals surface area contributed by atoms with Crippen LogP contribution >= 0.6 is 15.9 Å². The SMILES string of the molecule is COc1c(Br)cccc1C(C#N)CC(C)=O. The van der Waals surface area contributed by atoms with Crippen molar-refractivity contribution < 1.29 is 9.53 Å². The maximum Gasteiger partial charge on any atom is 0.137 e. The lowest BCUT2D eigenvalue weighted by atomic mass is 9.95. The van der Waals surface area contributed by atoms with E-state index in [9.17, 15) is 4.79 Å². The van der Waals surface area contributed by atoms with Crippen LogP contribution < -0.4 is 4.74 Å². The number of ketones is 1. The minimum Gasteiger partial charge on any atom is -0.495 e. The standard InChI is InChI=1S/C12H12BrNO2/c1-8(15)6-9(7-14)10-4-3-5-11(13)12(10)16-2/h3-5,9H,6H2,1-2H3. The number of nitriles is 1. The van der Waals surface area contributed by atoms with E-state index in [0.29, 0.717) is 5.75 Å². The van der Waals surface area contributed by atoms with Crippen LogP contribution in [0.3, 0.4) is 0 Å². The molecule has 1 rings (SSSR count). The van der Waals surface area contributed by atoms with Gasteiger partial charge in [0.1, 0.15) is 11.5 Å². The number of ether oxygens (including phenoxy) is 1. The summed E-state index contributed by atoms with van der Waals surface area (Å²) in [5, 5.41) is 9.07. The molecule has 0 aliphatic heterocycles. The van der Waals surface area contributed by atoms with Gasteiger partial charge in [-0.15, -0.1) is 0 Å². The second-order valence-corrected chi connectivity index (χ2v) is 4.30. The van der Waals surface area contributed by atoms with Gasteiger partial charge >= 0.3 is 0 Å². The Bertz CT molecular complexity index is 437. The van der Waals surface area contributed by atoms with Gasteiger partial charge in [-0.25, -0.2) is 0 Å². The van der Waals surface area contributed by atoms with E-state index in [-0.39, 0.29) is 12.2 Å². The first-order valence-electron chi connectivity index (χ1n) is 4.81. The topological polar surface area (TPSA) is 50.1 Å². The van der Waals surface area contributed by atoms with Crippen LogP contribution in [0.15, 0.2) is 22.7 Å². The number of benzene rings is 1. The molecule has 1 unspecified atom stereocenters. The van der Waals surface area contributed by atoms with Crippen LogP contribution in [0.1, 0.15) is 24.8 Å². The van der Waals surface area contributed by atoms with Crippen LogP contribution in [0.4, 0.5) is 0 Å². The largest absolute Gasteiger partial charge is 0.495 e. The van der Waals surface area contributed by atoms with Gasteiger partial charge in [0, 0.05) is 12.0 Å². The normalized spacial score (nSPS) is 11.6. The van der Waals surface area contributed by atoms with Crippen molar-refractivity contribution in [2.75, 3.05) is 7.11 Å². The lowest BCUT2D eigenvalue weighted by Gasteiger charge is -2.13. The van der Waals surface area contributed by atoms with Crippen molar-refractivity contribution in [3.05, 3.63) is 28.2 Å². The molecule has 0 aliphatic carbocycles. The molecule has 0 heterocycles. The average Bonchev–Trinajstić information content (AvgIpc) is 2.25. The minimum absolute atomic E-state index is 0.00595. The van der Waals surface area contributed by atoms with E-state index in [4.69, 9.17) is 10.00 Å².